The first-order valence-electron chi connectivity index (χ1n) is 34.5. The number of hydrogen-bond donors (Lipinski definition) is 0. The summed E-state index contributed by atoms with van der Waals surface area (Å²) in [7, 11) is 0. The van der Waals surface area contributed by atoms with Crippen LogP contribution in [0.2, 0.25) is 0 Å². The molecule has 0 N–H and O–H groups in total. The lowest BCUT2D eigenvalue weighted by Crippen LogP contribution is -2.25. The van der Waals surface area contributed by atoms with Crippen molar-refractivity contribution in [1.82, 2.24) is 0 Å². The van der Waals surface area contributed by atoms with Gasteiger partial charge in [0.25, 0.3) is 0 Å². The van der Waals surface area contributed by atoms with Crippen LogP contribution >= 0.6 is 0 Å². The molecule has 0 aliphatic heterocycles. The Morgan fingerprint density at radius 3 is 0.703 bits per heavy atom. The second-order valence-corrected chi connectivity index (χ2v) is 25.9. The van der Waals surface area contributed by atoms with Crippen molar-refractivity contribution < 1.29 is 9.47 Å². The van der Waals surface area contributed by atoms with Gasteiger partial charge in [-0.25, -0.2) is 0 Å². The van der Waals surface area contributed by atoms with Crippen LogP contribution in [0, 0.1) is 0 Å². The molecule has 101 heavy (non-hydrogen) atoms. The van der Waals surface area contributed by atoms with E-state index in [1.807, 2.05) is 0 Å². The maximum absolute atomic E-state index is 7.40. The molecule has 0 atom stereocenters. The van der Waals surface area contributed by atoms with Crippen molar-refractivity contribution in [3.63, 3.8) is 0 Å². The highest BCUT2D eigenvalue weighted by Gasteiger charge is 2.52. The Morgan fingerprint density at radius 2 is 0.406 bits per heavy atom. The van der Waals surface area contributed by atoms with Crippen molar-refractivity contribution in [2.75, 3.05) is 9.80 Å². The van der Waals surface area contributed by atoms with E-state index < -0.39 is 5.41 Å². The molecule has 0 unspecified atom stereocenters. The molecular weight excluding hydrogens is 1230 g/mol. The second-order valence-electron chi connectivity index (χ2n) is 25.9. The SMILES string of the molecule is c1ccc(-c2ccc(N(c3ccc(-c4ccccc4)cc3)c3cc(Oc4ccc5c(c4)C4(c6ccccc6-5)c5ccccc5-c5ccc(Oc6cc(-c7ccccc7)cc(N(c7ccc(-c8ccccc8)cc7)c7ccc(-c8ccccc8)cc7)c6)cc54)cc(-c4ccccc4)c3)cc2)cc1. The first kappa shape index (κ1) is 60.2. The Morgan fingerprint density at radius 1 is 0.158 bits per heavy atom. The molecule has 2 aliphatic carbocycles. The molecule has 0 aromatic heterocycles. The molecule has 0 radical (unpaired) electrons. The quantitative estimate of drug-likeness (QED) is 0.0963. The topological polar surface area (TPSA) is 24.9 Å². The van der Waals surface area contributed by atoms with Gasteiger partial charge in [-0.2, -0.15) is 0 Å². The lowest BCUT2D eigenvalue weighted by Gasteiger charge is -2.31. The van der Waals surface area contributed by atoms with Crippen molar-refractivity contribution in [3.8, 4) is 112 Å². The predicted octanol–water partition coefficient (Wildman–Crippen LogP) is 26.6. The first-order chi connectivity index (χ1) is 50.0. The monoisotopic (exact) mass is 1290 g/mol. The van der Waals surface area contributed by atoms with Crippen LogP contribution in [0.15, 0.2) is 400 Å². The van der Waals surface area contributed by atoms with Crippen LogP contribution in [0.25, 0.3) is 89.0 Å². The van der Waals surface area contributed by atoms with Crippen LogP contribution in [0.5, 0.6) is 23.0 Å². The minimum atomic E-state index is -0.728. The smallest absolute Gasteiger partial charge is 0.130 e. The summed E-state index contributed by atoms with van der Waals surface area (Å²) in [6, 6.07) is 144. The van der Waals surface area contributed by atoms with E-state index >= 15 is 0 Å². The van der Waals surface area contributed by atoms with Gasteiger partial charge in [0.2, 0.25) is 0 Å². The molecular formula is C97H66N2O2. The maximum atomic E-state index is 7.40. The number of hydrogen-bond acceptors (Lipinski definition) is 4. The Bertz CT molecular complexity index is 5130. The molecule has 16 aromatic carbocycles. The maximum Gasteiger partial charge on any atom is 0.130 e. The summed E-state index contributed by atoms with van der Waals surface area (Å²) in [4.78, 5) is 4.68. The van der Waals surface area contributed by atoms with Gasteiger partial charge in [-0.15, -0.1) is 0 Å². The number of rotatable bonds is 16. The molecule has 18 rings (SSSR count). The summed E-state index contributed by atoms with van der Waals surface area (Å²) in [6.07, 6.45) is 0. The summed E-state index contributed by atoms with van der Waals surface area (Å²) in [5.74, 6) is 2.89. The van der Waals surface area contributed by atoms with Crippen LogP contribution < -0.4 is 19.3 Å². The van der Waals surface area contributed by atoms with E-state index in [9.17, 15) is 0 Å². The Labute approximate surface area is 589 Å². The third kappa shape index (κ3) is 11.3. The van der Waals surface area contributed by atoms with E-state index in [4.69, 9.17) is 9.47 Å². The van der Waals surface area contributed by atoms with Crippen molar-refractivity contribution in [2.24, 2.45) is 0 Å². The first-order valence-corrected chi connectivity index (χ1v) is 34.5. The van der Waals surface area contributed by atoms with Crippen LogP contribution in [0.1, 0.15) is 22.3 Å². The second kappa shape index (κ2) is 25.9. The molecule has 0 heterocycles. The van der Waals surface area contributed by atoms with Gasteiger partial charge in [-0.3, -0.25) is 0 Å². The van der Waals surface area contributed by atoms with Crippen molar-refractivity contribution >= 4 is 34.1 Å². The number of nitrogens with zero attached hydrogens (tertiary/aromatic N) is 2. The van der Waals surface area contributed by atoms with E-state index in [-0.39, 0.29) is 0 Å². The largest absolute Gasteiger partial charge is 0.457 e. The molecule has 16 aromatic rings. The molecule has 1 spiro atoms. The van der Waals surface area contributed by atoms with Crippen molar-refractivity contribution in [2.45, 2.75) is 5.41 Å². The zero-order valence-electron chi connectivity index (χ0n) is 55.3. The lowest BCUT2D eigenvalue weighted by molar-refractivity contribution is 0.481. The molecule has 0 amide bonds. The zero-order chi connectivity index (χ0) is 67.1. The zero-order valence-corrected chi connectivity index (χ0v) is 55.3. The Balaban J connectivity index is 0.751. The molecule has 0 bridgehead atoms. The molecule has 4 heteroatoms. The summed E-state index contributed by atoms with van der Waals surface area (Å²) in [5.41, 5.74) is 28.2. The normalized spacial score (nSPS) is 12.0. The van der Waals surface area contributed by atoms with Gasteiger partial charge in [0.05, 0.1) is 16.8 Å². The minimum absolute atomic E-state index is 0.713. The average molecular weight is 1290 g/mol. The van der Waals surface area contributed by atoms with Gasteiger partial charge in [-0.1, -0.05) is 291 Å². The van der Waals surface area contributed by atoms with Crippen molar-refractivity contribution in [1.29, 1.82) is 0 Å². The summed E-state index contributed by atoms with van der Waals surface area (Å²) < 4.78 is 14.8. The predicted molar refractivity (Wildman–Crippen MR) is 418 cm³/mol. The molecule has 4 nitrogen and oxygen atoms in total. The minimum Gasteiger partial charge on any atom is -0.457 e. The van der Waals surface area contributed by atoms with Gasteiger partial charge < -0.3 is 19.3 Å². The molecule has 0 saturated heterocycles. The van der Waals surface area contributed by atoms with Crippen LogP contribution in [-0.4, -0.2) is 0 Å². The van der Waals surface area contributed by atoms with E-state index in [1.165, 1.54) is 55.6 Å². The Kier molecular flexibility index (Phi) is 15.5. The van der Waals surface area contributed by atoms with Gasteiger partial charge in [-0.05, 0) is 208 Å². The Hall–Kier alpha value is -13.3. The van der Waals surface area contributed by atoms with Crippen LogP contribution in [0.4, 0.5) is 34.1 Å². The van der Waals surface area contributed by atoms with Crippen LogP contribution in [0.3, 0.4) is 0 Å². The number of benzene rings is 16. The van der Waals surface area contributed by atoms with Gasteiger partial charge in [0, 0.05) is 34.9 Å². The highest BCUT2D eigenvalue weighted by Crippen LogP contribution is 2.64. The van der Waals surface area contributed by atoms with E-state index in [0.717, 1.165) is 101 Å². The molecule has 0 saturated carbocycles. The fourth-order valence-corrected chi connectivity index (χ4v) is 15.3. The highest BCUT2D eigenvalue weighted by atomic mass is 16.5. The summed E-state index contributed by atoms with van der Waals surface area (Å²) in [5, 5.41) is 0. The highest BCUT2D eigenvalue weighted by molar-refractivity contribution is 5.96. The standard InChI is InChI=1S/C97H66N2O2/c1-7-23-67(24-8-1)73-39-47-79(48-40-73)98(80-49-41-74(42-50-80)68-25-9-2-10-26-68)83-59-77(71-31-15-5-16-32-71)61-87(63-83)100-85-55-57-91-89-35-19-21-37-93(89)97(95(91)65-85)94-38-22-20-36-90(94)92-58-56-86(66-96(92)97)101-88-62-78(72-33-17-6-18-34-72)60-84(64-88)99(81-51-43-75(44-52-81)69-27-11-3-12-28-69)82-53-45-76(46-54-82)70-29-13-4-14-30-70/h1-66H. The number of anilines is 6. The van der Waals surface area contributed by atoms with Gasteiger partial charge >= 0.3 is 0 Å². The summed E-state index contributed by atoms with van der Waals surface area (Å²) >= 11 is 0. The van der Waals surface area contributed by atoms with E-state index in [0.29, 0.717) is 11.5 Å². The van der Waals surface area contributed by atoms with Gasteiger partial charge in [0.1, 0.15) is 23.0 Å². The molecule has 2 aliphatic rings. The fourth-order valence-electron chi connectivity index (χ4n) is 15.3. The number of ether oxygens (including phenoxy) is 2. The van der Waals surface area contributed by atoms with E-state index in [1.54, 1.807) is 0 Å². The van der Waals surface area contributed by atoms with Crippen molar-refractivity contribution in [3.05, 3.63) is 423 Å². The van der Waals surface area contributed by atoms with Crippen LogP contribution in [-0.2, 0) is 5.41 Å². The summed E-state index contributed by atoms with van der Waals surface area (Å²) in [6.45, 7) is 0. The lowest BCUT2D eigenvalue weighted by atomic mass is 9.70. The molecule has 476 valence electrons. The van der Waals surface area contributed by atoms with Gasteiger partial charge in [0.15, 0.2) is 0 Å². The third-order valence-corrected chi connectivity index (χ3v) is 19.9. The average Bonchev–Trinajstić information content (AvgIpc) is 1.51. The fraction of sp³-hybridized carbons (Fsp3) is 0.0103. The third-order valence-electron chi connectivity index (χ3n) is 19.9. The van der Waals surface area contributed by atoms with E-state index in [2.05, 4.69) is 410 Å². The number of fused-ring (bicyclic) bond motifs is 10. The molecule has 0 fully saturated rings.